The van der Waals surface area contributed by atoms with Crippen LogP contribution in [-0.2, 0) is 0 Å². The van der Waals surface area contributed by atoms with Crippen molar-refractivity contribution in [3.05, 3.63) is 34.9 Å². The molecule has 2 aromatic rings. The summed E-state index contributed by atoms with van der Waals surface area (Å²) in [5, 5.41) is 4.84. The van der Waals surface area contributed by atoms with E-state index < -0.39 is 18.8 Å². The van der Waals surface area contributed by atoms with E-state index in [2.05, 4.69) is 26.2 Å². The predicted molar refractivity (Wildman–Crippen MR) is 72.5 cm³/mol. The molecule has 4 nitrogen and oxygen atoms in total. The molecule has 0 unspecified atom stereocenters. The number of nitrogens with zero attached hydrogens (tertiary/aromatic N) is 1. The number of fused-ring (bicyclic) bond motifs is 1. The third-order valence-corrected chi connectivity index (χ3v) is 2.81. The first kappa shape index (κ1) is 14.6. The number of anilines is 1. The number of pyridine rings is 1. The largest absolute Gasteiger partial charge is 0.405 e. The van der Waals surface area contributed by atoms with E-state index in [0.717, 1.165) is 9.86 Å². The average molecular weight is 348 g/mol. The molecule has 106 valence electrons. The van der Waals surface area contributed by atoms with Gasteiger partial charge in [0.15, 0.2) is 0 Å². The van der Waals surface area contributed by atoms with Crippen LogP contribution in [0.4, 0.5) is 23.7 Å². The second-order valence-corrected chi connectivity index (χ2v) is 4.87. The smallest absolute Gasteiger partial charge is 0.329 e. The van der Waals surface area contributed by atoms with Gasteiger partial charge in [0, 0.05) is 16.1 Å². The van der Waals surface area contributed by atoms with Crippen molar-refractivity contribution in [1.29, 1.82) is 0 Å². The number of carbonyl (C=O) groups is 1. The molecule has 0 bridgehead atoms. The van der Waals surface area contributed by atoms with Crippen LogP contribution in [0.3, 0.4) is 0 Å². The molecular formula is C12H9BrF3N3O. The van der Waals surface area contributed by atoms with E-state index in [4.69, 9.17) is 0 Å². The van der Waals surface area contributed by atoms with Crippen LogP contribution in [0, 0.1) is 0 Å². The molecule has 1 heterocycles. The Bertz CT molecular complexity index is 645. The van der Waals surface area contributed by atoms with Gasteiger partial charge in [0.2, 0.25) is 0 Å². The number of halogens is 4. The second-order valence-electron chi connectivity index (χ2n) is 3.95. The molecule has 0 saturated heterocycles. The molecule has 0 aliphatic heterocycles. The summed E-state index contributed by atoms with van der Waals surface area (Å²) in [7, 11) is 0. The highest BCUT2D eigenvalue weighted by Crippen LogP contribution is 2.23. The third-order valence-electron chi connectivity index (χ3n) is 2.38. The summed E-state index contributed by atoms with van der Waals surface area (Å²) in [5.74, 6) is 0. The van der Waals surface area contributed by atoms with Gasteiger partial charge in [0.05, 0.1) is 11.2 Å². The van der Waals surface area contributed by atoms with Gasteiger partial charge < -0.3 is 10.6 Å². The van der Waals surface area contributed by atoms with Crippen LogP contribution in [0.5, 0.6) is 0 Å². The lowest BCUT2D eigenvalue weighted by Gasteiger charge is -2.11. The Labute approximate surface area is 120 Å². The van der Waals surface area contributed by atoms with E-state index in [-0.39, 0.29) is 0 Å². The molecule has 0 radical (unpaired) electrons. The van der Waals surface area contributed by atoms with Gasteiger partial charge in [-0.15, -0.1) is 0 Å². The van der Waals surface area contributed by atoms with Crippen LogP contribution in [0.25, 0.3) is 10.9 Å². The Balaban J connectivity index is 2.15. The standard InChI is InChI=1S/C12H9BrF3N3O/c13-8-4-7-2-1-3-9(10(7)17-5-8)19-11(20)18-6-12(14,15)16/h1-5H,6H2,(H2,18,19,20). The van der Waals surface area contributed by atoms with Crippen molar-refractivity contribution in [1.82, 2.24) is 10.3 Å². The van der Waals surface area contributed by atoms with Gasteiger partial charge in [-0.25, -0.2) is 4.79 Å². The topological polar surface area (TPSA) is 54.0 Å². The minimum Gasteiger partial charge on any atom is -0.329 e. The van der Waals surface area contributed by atoms with E-state index in [9.17, 15) is 18.0 Å². The van der Waals surface area contributed by atoms with Gasteiger partial charge in [0.1, 0.15) is 6.54 Å². The number of carbonyl (C=O) groups excluding carboxylic acids is 1. The van der Waals surface area contributed by atoms with Crippen LogP contribution in [0.1, 0.15) is 0 Å². The number of rotatable bonds is 2. The van der Waals surface area contributed by atoms with Crippen LogP contribution >= 0.6 is 15.9 Å². The first-order valence-electron chi connectivity index (χ1n) is 5.51. The van der Waals surface area contributed by atoms with Crippen LogP contribution in [0.15, 0.2) is 34.9 Å². The summed E-state index contributed by atoms with van der Waals surface area (Å²) in [6.07, 6.45) is -2.90. The minimum absolute atomic E-state index is 0.342. The van der Waals surface area contributed by atoms with Crippen molar-refractivity contribution in [2.24, 2.45) is 0 Å². The lowest BCUT2D eigenvalue weighted by atomic mass is 10.2. The van der Waals surface area contributed by atoms with Crippen LogP contribution in [-0.4, -0.2) is 23.7 Å². The summed E-state index contributed by atoms with van der Waals surface area (Å²) in [5.41, 5.74) is 0.840. The molecule has 2 amide bonds. The highest BCUT2D eigenvalue weighted by molar-refractivity contribution is 9.10. The number of nitrogens with one attached hydrogen (secondary N) is 2. The molecule has 20 heavy (non-hydrogen) atoms. The maximum absolute atomic E-state index is 12.0. The molecule has 0 saturated carbocycles. The van der Waals surface area contributed by atoms with Gasteiger partial charge in [-0.3, -0.25) is 4.98 Å². The molecule has 0 aliphatic carbocycles. The molecular weight excluding hydrogens is 339 g/mol. The monoisotopic (exact) mass is 347 g/mol. The van der Waals surface area contributed by atoms with Crippen LogP contribution < -0.4 is 10.6 Å². The zero-order valence-corrected chi connectivity index (χ0v) is 11.5. The number of urea groups is 1. The summed E-state index contributed by atoms with van der Waals surface area (Å²) in [6.45, 7) is -1.39. The highest BCUT2D eigenvalue weighted by atomic mass is 79.9. The summed E-state index contributed by atoms with van der Waals surface area (Å²) in [4.78, 5) is 15.5. The maximum Gasteiger partial charge on any atom is 0.405 e. The van der Waals surface area contributed by atoms with E-state index in [1.54, 1.807) is 35.8 Å². The molecule has 8 heteroatoms. The SMILES string of the molecule is O=C(NCC(F)(F)F)Nc1cccc2cc(Br)cnc12. The number of hydrogen-bond donors (Lipinski definition) is 2. The van der Waals surface area contributed by atoms with E-state index in [1.165, 1.54) is 0 Å². The maximum atomic E-state index is 12.0. The molecule has 1 aromatic heterocycles. The highest BCUT2D eigenvalue weighted by Gasteiger charge is 2.27. The van der Waals surface area contributed by atoms with E-state index in [1.807, 2.05) is 0 Å². The first-order chi connectivity index (χ1) is 9.35. The lowest BCUT2D eigenvalue weighted by Crippen LogP contribution is -2.36. The Morgan fingerprint density at radius 1 is 1.35 bits per heavy atom. The predicted octanol–water partition coefficient (Wildman–Crippen LogP) is 3.68. The molecule has 0 atom stereocenters. The zero-order chi connectivity index (χ0) is 14.8. The number of hydrogen-bond acceptors (Lipinski definition) is 2. The number of alkyl halides is 3. The molecule has 0 spiro atoms. The number of benzene rings is 1. The minimum atomic E-state index is -4.45. The summed E-state index contributed by atoms with van der Waals surface area (Å²) < 4.78 is 36.7. The van der Waals surface area contributed by atoms with Crippen molar-refractivity contribution in [3.63, 3.8) is 0 Å². The third kappa shape index (κ3) is 3.83. The fourth-order valence-corrected chi connectivity index (χ4v) is 1.93. The normalized spacial score (nSPS) is 11.4. The fourth-order valence-electron chi connectivity index (χ4n) is 1.58. The Morgan fingerprint density at radius 3 is 2.80 bits per heavy atom. The molecule has 0 aliphatic rings. The Kier molecular flexibility index (Phi) is 4.12. The zero-order valence-electron chi connectivity index (χ0n) is 9.96. The summed E-state index contributed by atoms with van der Waals surface area (Å²) >= 11 is 3.27. The van der Waals surface area contributed by atoms with Crippen molar-refractivity contribution in [3.8, 4) is 0 Å². The van der Waals surface area contributed by atoms with E-state index in [0.29, 0.717) is 11.2 Å². The average Bonchev–Trinajstić information content (AvgIpc) is 2.35. The fraction of sp³-hybridized carbons (Fsp3) is 0.167. The number of para-hydroxylation sites is 1. The molecule has 1 aromatic carbocycles. The lowest BCUT2D eigenvalue weighted by molar-refractivity contribution is -0.122. The van der Waals surface area contributed by atoms with Crippen molar-refractivity contribution < 1.29 is 18.0 Å². The molecule has 2 rings (SSSR count). The Hall–Kier alpha value is -1.83. The second kappa shape index (κ2) is 5.66. The number of aromatic nitrogens is 1. The van der Waals surface area contributed by atoms with E-state index >= 15 is 0 Å². The van der Waals surface area contributed by atoms with Gasteiger partial charge in [0.25, 0.3) is 0 Å². The Morgan fingerprint density at radius 2 is 2.10 bits per heavy atom. The van der Waals surface area contributed by atoms with Gasteiger partial charge in [-0.1, -0.05) is 12.1 Å². The first-order valence-corrected chi connectivity index (χ1v) is 6.30. The van der Waals surface area contributed by atoms with Crippen LogP contribution in [0.2, 0.25) is 0 Å². The van der Waals surface area contributed by atoms with Gasteiger partial charge in [-0.05, 0) is 28.1 Å². The van der Waals surface area contributed by atoms with Gasteiger partial charge in [-0.2, -0.15) is 13.2 Å². The summed E-state index contributed by atoms with van der Waals surface area (Å²) in [6, 6.07) is 5.89. The van der Waals surface area contributed by atoms with Crippen molar-refractivity contribution in [2.45, 2.75) is 6.18 Å². The van der Waals surface area contributed by atoms with Crippen molar-refractivity contribution in [2.75, 3.05) is 11.9 Å². The quantitative estimate of drug-likeness (QED) is 0.870. The number of amides is 2. The molecule has 0 fully saturated rings. The van der Waals surface area contributed by atoms with Gasteiger partial charge >= 0.3 is 12.2 Å². The van der Waals surface area contributed by atoms with Crippen molar-refractivity contribution >= 4 is 38.6 Å². The molecule has 2 N–H and O–H groups in total.